The van der Waals surface area contributed by atoms with Gasteiger partial charge in [0, 0.05) is 12.6 Å². The van der Waals surface area contributed by atoms with E-state index in [9.17, 15) is 9.18 Å². The molecule has 0 bridgehead atoms. The van der Waals surface area contributed by atoms with Gasteiger partial charge in [0.15, 0.2) is 0 Å². The molecule has 3 nitrogen and oxygen atoms in total. The number of amides is 1. The SMILES string of the molecule is O=CN1CCC(N2CCC2)C(F)C1. The fraction of sp³-hybridized carbons (Fsp3) is 0.889. The van der Waals surface area contributed by atoms with E-state index in [-0.39, 0.29) is 12.6 Å². The Hall–Kier alpha value is -0.640. The van der Waals surface area contributed by atoms with Crippen molar-refractivity contribution in [1.82, 2.24) is 9.80 Å². The summed E-state index contributed by atoms with van der Waals surface area (Å²) in [6.07, 6.45) is 1.89. The number of carbonyl (C=O) groups excluding carboxylic acids is 1. The maximum Gasteiger partial charge on any atom is 0.209 e. The first-order valence-electron chi connectivity index (χ1n) is 4.89. The lowest BCUT2D eigenvalue weighted by Gasteiger charge is -2.43. The van der Waals surface area contributed by atoms with Gasteiger partial charge in [-0.3, -0.25) is 9.69 Å². The van der Waals surface area contributed by atoms with E-state index in [2.05, 4.69) is 4.90 Å². The molecule has 2 unspecified atom stereocenters. The van der Waals surface area contributed by atoms with Crippen LogP contribution in [-0.2, 0) is 4.79 Å². The van der Waals surface area contributed by atoms with Gasteiger partial charge in [-0.25, -0.2) is 4.39 Å². The molecule has 13 heavy (non-hydrogen) atoms. The van der Waals surface area contributed by atoms with Gasteiger partial charge in [0.25, 0.3) is 0 Å². The molecule has 2 aliphatic rings. The average molecular weight is 186 g/mol. The summed E-state index contributed by atoms with van der Waals surface area (Å²) in [5, 5.41) is 0. The van der Waals surface area contributed by atoms with Crippen LogP contribution in [0.5, 0.6) is 0 Å². The second kappa shape index (κ2) is 3.62. The molecule has 2 atom stereocenters. The Kier molecular flexibility index (Phi) is 2.49. The Morgan fingerprint density at radius 1 is 1.31 bits per heavy atom. The molecule has 0 aromatic carbocycles. The Labute approximate surface area is 77.5 Å². The molecule has 2 rings (SSSR count). The highest BCUT2D eigenvalue weighted by Gasteiger charge is 2.35. The fourth-order valence-electron chi connectivity index (χ4n) is 2.10. The van der Waals surface area contributed by atoms with Crippen molar-refractivity contribution in [3.8, 4) is 0 Å². The van der Waals surface area contributed by atoms with E-state index in [4.69, 9.17) is 0 Å². The van der Waals surface area contributed by atoms with Crippen LogP contribution in [0.4, 0.5) is 4.39 Å². The summed E-state index contributed by atoms with van der Waals surface area (Å²) < 4.78 is 13.5. The van der Waals surface area contributed by atoms with Gasteiger partial charge in [-0.05, 0) is 25.9 Å². The highest BCUT2D eigenvalue weighted by atomic mass is 19.1. The zero-order valence-corrected chi connectivity index (χ0v) is 7.66. The first-order valence-corrected chi connectivity index (χ1v) is 4.89. The third-order valence-electron chi connectivity index (χ3n) is 3.05. The molecule has 74 valence electrons. The van der Waals surface area contributed by atoms with Crippen LogP contribution in [-0.4, -0.2) is 54.6 Å². The second-order valence-electron chi connectivity index (χ2n) is 3.86. The molecule has 0 radical (unpaired) electrons. The van der Waals surface area contributed by atoms with Crippen molar-refractivity contribution in [2.75, 3.05) is 26.2 Å². The number of carbonyl (C=O) groups is 1. The number of halogens is 1. The average Bonchev–Trinajstić information content (AvgIpc) is 2.05. The van der Waals surface area contributed by atoms with Crippen LogP contribution >= 0.6 is 0 Å². The third kappa shape index (κ3) is 1.68. The summed E-state index contributed by atoms with van der Waals surface area (Å²) in [7, 11) is 0. The molecule has 1 amide bonds. The van der Waals surface area contributed by atoms with Crippen LogP contribution in [0.1, 0.15) is 12.8 Å². The molecule has 2 aliphatic heterocycles. The van der Waals surface area contributed by atoms with Crippen molar-refractivity contribution in [2.45, 2.75) is 25.1 Å². The first kappa shape index (κ1) is 8.94. The van der Waals surface area contributed by atoms with E-state index >= 15 is 0 Å². The monoisotopic (exact) mass is 186 g/mol. The van der Waals surface area contributed by atoms with Crippen molar-refractivity contribution in [3.05, 3.63) is 0 Å². The molecule has 0 aliphatic carbocycles. The minimum Gasteiger partial charge on any atom is -0.342 e. The highest BCUT2D eigenvalue weighted by Crippen LogP contribution is 2.22. The minimum atomic E-state index is -0.848. The number of rotatable bonds is 2. The van der Waals surface area contributed by atoms with Crippen molar-refractivity contribution in [1.29, 1.82) is 0 Å². The lowest BCUT2D eigenvalue weighted by molar-refractivity contribution is -0.121. The quantitative estimate of drug-likeness (QED) is 0.578. The topological polar surface area (TPSA) is 23.6 Å². The van der Waals surface area contributed by atoms with Gasteiger partial charge < -0.3 is 4.90 Å². The lowest BCUT2D eigenvalue weighted by atomic mass is 9.98. The number of alkyl halides is 1. The minimum absolute atomic E-state index is 0.0740. The van der Waals surface area contributed by atoms with E-state index < -0.39 is 6.17 Å². The number of piperidine rings is 1. The van der Waals surface area contributed by atoms with Crippen LogP contribution in [0.25, 0.3) is 0 Å². The zero-order chi connectivity index (χ0) is 9.26. The maximum absolute atomic E-state index is 13.5. The summed E-state index contributed by atoms with van der Waals surface area (Å²) in [6, 6.07) is 0.0740. The summed E-state index contributed by atoms with van der Waals surface area (Å²) in [6.45, 7) is 3.06. The van der Waals surface area contributed by atoms with Crippen LogP contribution in [0.15, 0.2) is 0 Å². The number of hydrogen-bond acceptors (Lipinski definition) is 2. The smallest absolute Gasteiger partial charge is 0.209 e. The Balaban J connectivity index is 1.88. The zero-order valence-electron chi connectivity index (χ0n) is 7.66. The summed E-state index contributed by atoms with van der Waals surface area (Å²) in [5.74, 6) is 0. The van der Waals surface area contributed by atoms with Crippen LogP contribution in [0, 0.1) is 0 Å². The van der Waals surface area contributed by atoms with Crippen molar-refractivity contribution in [2.24, 2.45) is 0 Å². The standard InChI is InChI=1S/C9H15FN2O/c10-8-6-11(7-13)5-2-9(8)12-3-1-4-12/h7-9H,1-6H2. The van der Waals surface area contributed by atoms with Gasteiger partial charge in [-0.1, -0.05) is 0 Å². The fourth-order valence-corrected chi connectivity index (χ4v) is 2.10. The predicted molar refractivity (Wildman–Crippen MR) is 47.1 cm³/mol. The number of nitrogens with zero attached hydrogens (tertiary/aromatic N) is 2. The number of likely N-dealkylation sites (tertiary alicyclic amines) is 2. The van der Waals surface area contributed by atoms with Crippen molar-refractivity contribution < 1.29 is 9.18 Å². The predicted octanol–water partition coefficient (Wildman–Crippen LogP) is 0.261. The Morgan fingerprint density at radius 2 is 2.08 bits per heavy atom. The summed E-state index contributed by atoms with van der Waals surface area (Å²) in [5.41, 5.74) is 0. The van der Waals surface area contributed by atoms with Gasteiger partial charge in [-0.2, -0.15) is 0 Å². The van der Waals surface area contributed by atoms with Crippen LogP contribution < -0.4 is 0 Å². The van der Waals surface area contributed by atoms with Crippen molar-refractivity contribution >= 4 is 6.41 Å². The highest BCUT2D eigenvalue weighted by molar-refractivity contribution is 5.47. The number of hydrogen-bond donors (Lipinski definition) is 0. The third-order valence-corrected chi connectivity index (χ3v) is 3.05. The molecular weight excluding hydrogens is 171 g/mol. The maximum atomic E-state index is 13.5. The molecule has 0 aromatic heterocycles. The molecular formula is C9H15FN2O. The molecule has 2 fully saturated rings. The molecule has 4 heteroatoms. The summed E-state index contributed by atoms with van der Waals surface area (Å²) >= 11 is 0. The molecule has 0 N–H and O–H groups in total. The second-order valence-corrected chi connectivity index (χ2v) is 3.86. The van der Waals surface area contributed by atoms with Crippen LogP contribution in [0.2, 0.25) is 0 Å². The normalized spacial score (nSPS) is 35.6. The largest absolute Gasteiger partial charge is 0.342 e. The van der Waals surface area contributed by atoms with E-state index in [1.54, 1.807) is 0 Å². The van der Waals surface area contributed by atoms with Gasteiger partial charge >= 0.3 is 0 Å². The van der Waals surface area contributed by atoms with E-state index in [0.29, 0.717) is 6.54 Å². The Bertz CT molecular complexity index is 196. The van der Waals surface area contributed by atoms with Crippen molar-refractivity contribution in [3.63, 3.8) is 0 Å². The molecule has 0 aromatic rings. The van der Waals surface area contributed by atoms with Gasteiger partial charge in [0.2, 0.25) is 6.41 Å². The molecule has 0 saturated carbocycles. The summed E-state index contributed by atoms with van der Waals surface area (Å²) in [4.78, 5) is 14.1. The van der Waals surface area contributed by atoms with Gasteiger partial charge in [0.05, 0.1) is 6.54 Å². The molecule has 2 heterocycles. The van der Waals surface area contributed by atoms with Gasteiger partial charge in [0.1, 0.15) is 6.17 Å². The van der Waals surface area contributed by atoms with Crippen LogP contribution in [0.3, 0.4) is 0 Å². The van der Waals surface area contributed by atoms with Gasteiger partial charge in [-0.15, -0.1) is 0 Å². The van der Waals surface area contributed by atoms with E-state index in [0.717, 1.165) is 25.9 Å². The molecule has 2 saturated heterocycles. The Morgan fingerprint density at radius 3 is 2.54 bits per heavy atom. The van der Waals surface area contributed by atoms with E-state index in [1.807, 2.05) is 0 Å². The van der Waals surface area contributed by atoms with E-state index in [1.165, 1.54) is 11.3 Å². The first-order chi connectivity index (χ1) is 6.31. The lowest BCUT2D eigenvalue weighted by Crippen LogP contribution is -2.56. The molecule has 0 spiro atoms.